The van der Waals surface area contributed by atoms with Crippen LogP contribution in [-0.4, -0.2) is 69.3 Å². The molecule has 1 atom stereocenters. The molecule has 1 fully saturated rings. The molecular weight excluding hydrogens is 576 g/mol. The minimum atomic E-state index is -4.67. The summed E-state index contributed by atoms with van der Waals surface area (Å²) in [5.74, 6) is -0.361. The molecule has 0 radical (unpaired) electrons. The lowest BCUT2D eigenvalue weighted by Crippen LogP contribution is -2.53. The number of hydrogen-bond donors (Lipinski definition) is 0. The van der Waals surface area contributed by atoms with Crippen molar-refractivity contribution in [3.05, 3.63) is 101 Å². The first-order chi connectivity index (χ1) is 18.8. The highest BCUT2D eigenvalue weighted by molar-refractivity contribution is 5.85. The second kappa shape index (κ2) is 14.1. The van der Waals surface area contributed by atoms with E-state index in [9.17, 15) is 13.2 Å². The highest BCUT2D eigenvalue weighted by Crippen LogP contribution is 2.34. The maximum atomic E-state index is 13.5. The second-order valence-corrected chi connectivity index (χ2v) is 9.72. The zero-order chi connectivity index (χ0) is 27.4. The number of piperazine rings is 1. The van der Waals surface area contributed by atoms with E-state index in [0.29, 0.717) is 18.9 Å². The third kappa shape index (κ3) is 7.37. The standard InChI is InChI=1S/C29H31F3N6O.2ClH/c1-3-39-26-15-14-24(38-28(29(30,31)32)33-34-35-38)18-23(26)19-37-17-16-36(2)25(20-37)27(21-10-6-4-7-11-21)22-12-8-5-9-13-22;;/h4-15,18,25,27H,3,16-17,19-20H2,1-2H3;2*1H. The van der Waals surface area contributed by atoms with Crippen molar-refractivity contribution in [1.29, 1.82) is 0 Å². The van der Waals surface area contributed by atoms with Crippen LogP contribution in [0.1, 0.15) is 35.4 Å². The Labute approximate surface area is 250 Å². The van der Waals surface area contributed by atoms with Gasteiger partial charge in [0.25, 0.3) is 5.82 Å². The Morgan fingerprint density at radius 2 is 1.56 bits per heavy atom. The largest absolute Gasteiger partial charge is 0.494 e. The van der Waals surface area contributed by atoms with Gasteiger partial charge in [0.2, 0.25) is 0 Å². The van der Waals surface area contributed by atoms with Crippen LogP contribution in [-0.2, 0) is 12.7 Å². The summed E-state index contributed by atoms with van der Waals surface area (Å²) in [4.78, 5) is 4.74. The Hall–Kier alpha value is -3.18. The van der Waals surface area contributed by atoms with Gasteiger partial charge >= 0.3 is 6.18 Å². The quantitative estimate of drug-likeness (QED) is 0.249. The van der Waals surface area contributed by atoms with Crippen molar-refractivity contribution >= 4 is 24.8 Å². The first kappa shape index (κ1) is 32.3. The number of tetrazole rings is 1. The van der Waals surface area contributed by atoms with E-state index >= 15 is 0 Å². The Morgan fingerprint density at radius 1 is 0.927 bits per heavy atom. The molecule has 0 N–H and O–H groups in total. The van der Waals surface area contributed by atoms with E-state index in [-0.39, 0.29) is 42.5 Å². The van der Waals surface area contributed by atoms with Gasteiger partial charge in [-0.05, 0) is 53.7 Å². The van der Waals surface area contributed by atoms with Gasteiger partial charge in [0.05, 0.1) is 12.3 Å². The number of alkyl halides is 3. The predicted molar refractivity (Wildman–Crippen MR) is 156 cm³/mol. The van der Waals surface area contributed by atoms with Crippen molar-refractivity contribution in [2.24, 2.45) is 0 Å². The van der Waals surface area contributed by atoms with Gasteiger partial charge in [0, 0.05) is 43.7 Å². The minimum Gasteiger partial charge on any atom is -0.494 e. The molecule has 220 valence electrons. The molecule has 0 aliphatic carbocycles. The molecule has 0 amide bonds. The van der Waals surface area contributed by atoms with Gasteiger partial charge in [-0.25, -0.2) is 0 Å². The SMILES string of the molecule is CCOc1ccc(-n2nnnc2C(F)(F)F)cc1CN1CCN(C)C(C(c2ccccc2)c2ccccc2)C1.Cl.Cl. The van der Waals surface area contributed by atoms with Crippen molar-refractivity contribution in [2.45, 2.75) is 31.6 Å². The van der Waals surface area contributed by atoms with Crippen molar-refractivity contribution in [3.8, 4) is 11.4 Å². The third-order valence-electron chi connectivity index (χ3n) is 7.19. The van der Waals surface area contributed by atoms with Gasteiger partial charge in [-0.1, -0.05) is 60.7 Å². The van der Waals surface area contributed by atoms with Crippen LogP contribution in [0.5, 0.6) is 5.75 Å². The average molecular weight is 610 g/mol. The molecule has 1 aliphatic heterocycles. The third-order valence-corrected chi connectivity index (χ3v) is 7.19. The van der Waals surface area contributed by atoms with Crippen LogP contribution in [0.3, 0.4) is 0 Å². The highest BCUT2D eigenvalue weighted by atomic mass is 35.5. The van der Waals surface area contributed by atoms with Crippen molar-refractivity contribution < 1.29 is 17.9 Å². The van der Waals surface area contributed by atoms with E-state index in [1.165, 1.54) is 11.1 Å². The number of nitrogens with zero attached hydrogens (tertiary/aromatic N) is 6. The van der Waals surface area contributed by atoms with E-state index in [0.717, 1.165) is 29.9 Å². The van der Waals surface area contributed by atoms with Gasteiger partial charge in [-0.2, -0.15) is 17.9 Å². The summed E-state index contributed by atoms with van der Waals surface area (Å²) in [5.41, 5.74) is 3.52. The zero-order valence-corrected chi connectivity index (χ0v) is 24.4. The van der Waals surface area contributed by atoms with E-state index < -0.39 is 12.0 Å². The van der Waals surface area contributed by atoms with Crippen LogP contribution in [0, 0.1) is 0 Å². The molecule has 1 saturated heterocycles. The maximum Gasteiger partial charge on any atom is 0.453 e. The molecule has 1 aliphatic rings. The number of ether oxygens (including phenoxy) is 1. The lowest BCUT2D eigenvalue weighted by atomic mass is 9.83. The van der Waals surface area contributed by atoms with Crippen molar-refractivity contribution in [1.82, 2.24) is 30.0 Å². The molecule has 7 nitrogen and oxygen atoms in total. The summed E-state index contributed by atoms with van der Waals surface area (Å²) in [6.45, 7) is 5.30. The monoisotopic (exact) mass is 608 g/mol. The molecule has 4 aromatic rings. The van der Waals surface area contributed by atoms with Crippen LogP contribution in [0.2, 0.25) is 0 Å². The van der Waals surface area contributed by atoms with Gasteiger partial charge in [-0.3, -0.25) is 9.80 Å². The van der Waals surface area contributed by atoms with Gasteiger partial charge < -0.3 is 4.74 Å². The number of halogens is 5. The molecular formula is C29H33Cl2F3N6O. The van der Waals surface area contributed by atoms with Crippen LogP contribution < -0.4 is 4.74 Å². The number of aromatic nitrogens is 4. The summed E-state index contributed by atoms with van der Waals surface area (Å²) in [6.07, 6.45) is -4.67. The summed E-state index contributed by atoms with van der Waals surface area (Å²) in [5, 5.41) is 10.1. The van der Waals surface area contributed by atoms with Crippen molar-refractivity contribution in [3.63, 3.8) is 0 Å². The lowest BCUT2D eigenvalue weighted by Gasteiger charge is -2.43. The molecule has 2 heterocycles. The molecule has 3 aromatic carbocycles. The maximum absolute atomic E-state index is 13.5. The molecule has 0 saturated carbocycles. The highest BCUT2D eigenvalue weighted by Gasteiger charge is 2.39. The first-order valence-corrected chi connectivity index (χ1v) is 13.0. The first-order valence-electron chi connectivity index (χ1n) is 13.0. The molecule has 41 heavy (non-hydrogen) atoms. The molecule has 5 rings (SSSR count). The molecule has 0 bridgehead atoms. The Balaban J connectivity index is 0.00000231. The Kier molecular flexibility index (Phi) is 11.1. The van der Waals surface area contributed by atoms with Crippen LogP contribution in [0.25, 0.3) is 5.69 Å². The number of hydrogen-bond acceptors (Lipinski definition) is 6. The summed E-state index contributed by atoms with van der Waals surface area (Å²) < 4.78 is 47.0. The summed E-state index contributed by atoms with van der Waals surface area (Å²) in [6, 6.07) is 26.1. The number of likely N-dealkylation sites (N-methyl/N-ethyl adjacent to an activating group) is 1. The Morgan fingerprint density at radius 3 is 2.15 bits per heavy atom. The van der Waals surface area contributed by atoms with Gasteiger partial charge in [0.1, 0.15) is 5.75 Å². The number of rotatable bonds is 8. The number of benzene rings is 3. The topological polar surface area (TPSA) is 59.3 Å². The zero-order valence-electron chi connectivity index (χ0n) is 22.7. The van der Waals surface area contributed by atoms with E-state index in [2.05, 4.69) is 80.9 Å². The van der Waals surface area contributed by atoms with Crippen molar-refractivity contribution in [2.75, 3.05) is 33.3 Å². The van der Waals surface area contributed by atoms with Crippen LogP contribution in [0.15, 0.2) is 78.9 Å². The fourth-order valence-electron chi connectivity index (χ4n) is 5.32. The Bertz CT molecular complexity index is 1330. The molecule has 1 unspecified atom stereocenters. The molecule has 0 spiro atoms. The van der Waals surface area contributed by atoms with Gasteiger partial charge in [-0.15, -0.1) is 29.9 Å². The molecule has 1 aromatic heterocycles. The normalized spacial score (nSPS) is 16.2. The smallest absolute Gasteiger partial charge is 0.453 e. The summed E-state index contributed by atoms with van der Waals surface area (Å²) in [7, 11) is 2.16. The fraction of sp³-hybridized carbons (Fsp3) is 0.345. The van der Waals surface area contributed by atoms with E-state index in [1.54, 1.807) is 18.2 Å². The van der Waals surface area contributed by atoms with Gasteiger partial charge in [0.15, 0.2) is 0 Å². The lowest BCUT2D eigenvalue weighted by molar-refractivity contribution is -0.146. The molecule has 12 heteroatoms. The summed E-state index contributed by atoms with van der Waals surface area (Å²) >= 11 is 0. The fourth-order valence-corrected chi connectivity index (χ4v) is 5.32. The second-order valence-electron chi connectivity index (χ2n) is 9.72. The van der Waals surface area contributed by atoms with Crippen LogP contribution >= 0.6 is 24.8 Å². The van der Waals surface area contributed by atoms with E-state index in [4.69, 9.17) is 4.74 Å². The average Bonchev–Trinajstić information content (AvgIpc) is 3.44. The van der Waals surface area contributed by atoms with E-state index in [1.807, 2.05) is 19.1 Å². The van der Waals surface area contributed by atoms with Crippen LogP contribution in [0.4, 0.5) is 13.2 Å². The minimum absolute atomic E-state index is 0. The predicted octanol–water partition coefficient (Wildman–Crippen LogP) is 5.87.